The molecule has 0 unspecified atom stereocenters. The minimum absolute atomic E-state index is 0.136. The molecule has 0 fully saturated rings. The molecule has 0 radical (unpaired) electrons. The van der Waals surface area contributed by atoms with Gasteiger partial charge in [0.15, 0.2) is 0 Å². The van der Waals surface area contributed by atoms with Crippen LogP contribution in [0.25, 0.3) is 66.1 Å². The van der Waals surface area contributed by atoms with Crippen LogP contribution in [0.5, 0.6) is 11.5 Å². The van der Waals surface area contributed by atoms with E-state index in [9.17, 15) is 0 Å². The third-order valence-electron chi connectivity index (χ3n) is 9.46. The van der Waals surface area contributed by atoms with Gasteiger partial charge in [-0.1, -0.05) is 123 Å². The van der Waals surface area contributed by atoms with E-state index in [-0.39, 0.29) is 5.41 Å². The summed E-state index contributed by atoms with van der Waals surface area (Å²) >= 11 is 0. The summed E-state index contributed by atoms with van der Waals surface area (Å²) in [5.41, 5.74) is 12.8. The molecular formula is C41H28O. The molecule has 0 atom stereocenters. The van der Waals surface area contributed by atoms with Crippen LogP contribution in [0.2, 0.25) is 0 Å². The predicted molar refractivity (Wildman–Crippen MR) is 175 cm³/mol. The lowest BCUT2D eigenvalue weighted by atomic mass is 9.80. The van der Waals surface area contributed by atoms with Gasteiger partial charge in [0.05, 0.1) is 0 Å². The molecule has 1 nitrogen and oxygen atoms in total. The first-order chi connectivity index (χ1) is 20.6. The van der Waals surface area contributed by atoms with E-state index in [4.69, 9.17) is 4.74 Å². The van der Waals surface area contributed by atoms with E-state index < -0.39 is 0 Å². The van der Waals surface area contributed by atoms with Crippen molar-refractivity contribution in [1.82, 2.24) is 0 Å². The Morgan fingerprint density at radius 2 is 1.19 bits per heavy atom. The molecule has 0 saturated carbocycles. The maximum absolute atomic E-state index is 6.38. The summed E-state index contributed by atoms with van der Waals surface area (Å²) in [7, 11) is 0. The van der Waals surface area contributed by atoms with E-state index in [0.717, 1.165) is 17.1 Å². The number of fused-ring (bicyclic) bond motifs is 6. The summed E-state index contributed by atoms with van der Waals surface area (Å²) in [6.07, 6.45) is 0. The normalized spacial score (nSPS) is 13.9. The van der Waals surface area contributed by atoms with Gasteiger partial charge in [-0.15, -0.1) is 0 Å². The summed E-state index contributed by atoms with van der Waals surface area (Å²) in [5, 5.41) is 5.01. The number of hydrogen-bond acceptors (Lipinski definition) is 1. The lowest BCUT2D eigenvalue weighted by Crippen LogP contribution is -2.15. The Morgan fingerprint density at radius 1 is 0.452 bits per heavy atom. The standard InChI is InChI=1S/C41H28O/c1-41(2)34-23-27(28-21-22-37-39-31(28)16-10-17-32(39)30-15-8-9-18-36(30)42-37)19-20-33(34)40-35(41)24-26-13-6-7-14-29(26)38(40)25-11-4-3-5-12-25/h3-24H,1-2H3. The summed E-state index contributed by atoms with van der Waals surface area (Å²) < 4.78 is 6.38. The first-order valence-electron chi connectivity index (χ1n) is 14.7. The lowest BCUT2D eigenvalue weighted by molar-refractivity contribution is 0.487. The van der Waals surface area contributed by atoms with Gasteiger partial charge in [0.2, 0.25) is 0 Å². The summed E-state index contributed by atoms with van der Waals surface area (Å²) in [4.78, 5) is 0. The maximum Gasteiger partial charge on any atom is 0.135 e. The average Bonchev–Trinajstić information content (AvgIpc) is 3.26. The minimum atomic E-state index is -0.136. The monoisotopic (exact) mass is 536 g/mol. The van der Waals surface area contributed by atoms with Crippen molar-refractivity contribution in [3.8, 4) is 56.0 Å². The van der Waals surface area contributed by atoms with Crippen molar-refractivity contribution in [2.75, 3.05) is 0 Å². The van der Waals surface area contributed by atoms with Gasteiger partial charge in [0.1, 0.15) is 11.5 Å². The molecule has 1 aliphatic carbocycles. The van der Waals surface area contributed by atoms with Crippen LogP contribution in [0.15, 0.2) is 133 Å². The van der Waals surface area contributed by atoms with E-state index in [1.165, 1.54) is 71.6 Å². The van der Waals surface area contributed by atoms with Gasteiger partial charge >= 0.3 is 0 Å². The van der Waals surface area contributed by atoms with E-state index in [1.807, 2.05) is 6.07 Å². The van der Waals surface area contributed by atoms with E-state index in [2.05, 4.69) is 141 Å². The third-order valence-corrected chi connectivity index (χ3v) is 9.46. The topological polar surface area (TPSA) is 9.23 Å². The fraction of sp³-hybridized carbons (Fsp3) is 0.0732. The Kier molecular flexibility index (Phi) is 4.73. The van der Waals surface area contributed by atoms with Crippen LogP contribution >= 0.6 is 0 Å². The van der Waals surface area contributed by atoms with Crippen molar-refractivity contribution in [2.45, 2.75) is 19.3 Å². The second kappa shape index (κ2) is 8.44. The zero-order chi connectivity index (χ0) is 28.0. The van der Waals surface area contributed by atoms with Crippen molar-refractivity contribution in [3.63, 3.8) is 0 Å². The molecule has 2 aliphatic rings. The van der Waals surface area contributed by atoms with Crippen molar-refractivity contribution >= 4 is 21.5 Å². The van der Waals surface area contributed by atoms with Crippen LogP contribution in [-0.2, 0) is 5.41 Å². The largest absolute Gasteiger partial charge is 0.456 e. The van der Waals surface area contributed by atoms with Gasteiger partial charge in [-0.05, 0) is 90.5 Å². The van der Waals surface area contributed by atoms with Crippen LogP contribution in [0.1, 0.15) is 25.0 Å². The van der Waals surface area contributed by atoms with Gasteiger partial charge < -0.3 is 4.74 Å². The molecule has 0 aromatic heterocycles. The predicted octanol–water partition coefficient (Wildman–Crippen LogP) is 11.4. The van der Waals surface area contributed by atoms with Gasteiger partial charge in [-0.2, -0.15) is 0 Å². The van der Waals surface area contributed by atoms with Crippen LogP contribution in [0.3, 0.4) is 0 Å². The number of hydrogen-bond donors (Lipinski definition) is 0. The number of benzene rings is 7. The zero-order valence-corrected chi connectivity index (χ0v) is 23.6. The highest BCUT2D eigenvalue weighted by molar-refractivity contribution is 6.11. The third kappa shape index (κ3) is 3.14. The molecule has 0 saturated heterocycles. The average molecular weight is 537 g/mol. The first kappa shape index (κ1) is 23.6. The molecule has 1 heterocycles. The summed E-state index contributed by atoms with van der Waals surface area (Å²) in [5.74, 6) is 1.85. The van der Waals surface area contributed by atoms with Crippen LogP contribution < -0.4 is 4.74 Å². The van der Waals surface area contributed by atoms with Crippen molar-refractivity contribution in [2.24, 2.45) is 0 Å². The first-order valence-corrected chi connectivity index (χ1v) is 14.7. The van der Waals surface area contributed by atoms with Gasteiger partial charge in [0, 0.05) is 16.4 Å². The quantitative estimate of drug-likeness (QED) is 0.213. The molecular weight excluding hydrogens is 508 g/mol. The summed E-state index contributed by atoms with van der Waals surface area (Å²) in [6.45, 7) is 4.76. The fourth-order valence-electron chi connectivity index (χ4n) is 7.45. The Bertz CT molecular complexity index is 2240. The van der Waals surface area contributed by atoms with E-state index in [1.54, 1.807) is 0 Å². The number of rotatable bonds is 2. The molecule has 7 aromatic rings. The molecule has 1 aliphatic heterocycles. The second-order valence-electron chi connectivity index (χ2n) is 12.1. The Hall–Kier alpha value is -5.14. The molecule has 0 spiro atoms. The van der Waals surface area contributed by atoms with Crippen LogP contribution in [-0.4, -0.2) is 0 Å². The highest BCUT2D eigenvalue weighted by Crippen LogP contribution is 2.55. The molecule has 0 N–H and O–H groups in total. The highest BCUT2D eigenvalue weighted by atomic mass is 16.5. The van der Waals surface area contributed by atoms with Crippen molar-refractivity contribution < 1.29 is 4.74 Å². The fourth-order valence-corrected chi connectivity index (χ4v) is 7.45. The van der Waals surface area contributed by atoms with Gasteiger partial charge in [0.25, 0.3) is 0 Å². The number of para-hydroxylation sites is 1. The minimum Gasteiger partial charge on any atom is -0.456 e. The molecule has 42 heavy (non-hydrogen) atoms. The van der Waals surface area contributed by atoms with Gasteiger partial charge in [-0.25, -0.2) is 0 Å². The SMILES string of the molecule is CC1(C)c2cc(-c3ccc4c5c(cccc35)-c3ccccc3O4)ccc2-c2c1cc1ccccc1c2-c1ccccc1. The van der Waals surface area contributed by atoms with Crippen LogP contribution in [0.4, 0.5) is 0 Å². The van der Waals surface area contributed by atoms with Crippen molar-refractivity contribution in [3.05, 3.63) is 145 Å². The Balaban J connectivity index is 1.29. The highest BCUT2D eigenvalue weighted by Gasteiger charge is 2.38. The molecule has 9 rings (SSSR count). The molecule has 0 bridgehead atoms. The smallest absolute Gasteiger partial charge is 0.135 e. The van der Waals surface area contributed by atoms with E-state index >= 15 is 0 Å². The molecule has 7 aromatic carbocycles. The Labute approximate surface area is 245 Å². The molecule has 1 heteroatoms. The number of ether oxygens (including phenoxy) is 1. The van der Waals surface area contributed by atoms with Crippen molar-refractivity contribution in [1.29, 1.82) is 0 Å². The second-order valence-corrected chi connectivity index (χ2v) is 12.1. The Morgan fingerprint density at radius 3 is 2.10 bits per heavy atom. The maximum atomic E-state index is 6.38. The van der Waals surface area contributed by atoms with E-state index in [0.29, 0.717) is 0 Å². The molecule has 198 valence electrons. The summed E-state index contributed by atoms with van der Waals surface area (Å²) in [6, 6.07) is 48.6. The lowest BCUT2D eigenvalue weighted by Gasteiger charge is -2.24. The van der Waals surface area contributed by atoms with Crippen LogP contribution in [0, 0.1) is 0 Å². The molecule has 0 amide bonds. The van der Waals surface area contributed by atoms with Gasteiger partial charge in [-0.3, -0.25) is 0 Å². The zero-order valence-electron chi connectivity index (χ0n) is 23.6.